The SMILES string of the molecule is CC[C@H](C)NC(=O)COC(=O)c1ccc(CS(C)(=O)=O)cc1. The summed E-state index contributed by atoms with van der Waals surface area (Å²) in [5, 5.41) is 2.69. The normalized spacial score (nSPS) is 12.5. The van der Waals surface area contributed by atoms with Gasteiger partial charge in [0.25, 0.3) is 5.91 Å². The van der Waals surface area contributed by atoms with Crippen LogP contribution >= 0.6 is 0 Å². The molecule has 0 bridgehead atoms. The topological polar surface area (TPSA) is 89.5 Å². The third kappa shape index (κ3) is 6.71. The largest absolute Gasteiger partial charge is 0.452 e. The summed E-state index contributed by atoms with van der Waals surface area (Å²) in [6.45, 7) is 3.46. The second kappa shape index (κ2) is 7.93. The monoisotopic (exact) mass is 327 g/mol. The Hall–Kier alpha value is -1.89. The molecule has 0 aliphatic rings. The van der Waals surface area contributed by atoms with Crippen molar-refractivity contribution in [3.8, 4) is 0 Å². The fraction of sp³-hybridized carbons (Fsp3) is 0.467. The molecule has 0 saturated carbocycles. The van der Waals surface area contributed by atoms with Crippen molar-refractivity contribution in [1.82, 2.24) is 5.32 Å². The molecule has 122 valence electrons. The molecule has 0 radical (unpaired) electrons. The van der Waals surface area contributed by atoms with Gasteiger partial charge in [0.05, 0.1) is 11.3 Å². The lowest BCUT2D eigenvalue weighted by Gasteiger charge is -2.11. The Bertz CT molecular complexity index is 622. The van der Waals surface area contributed by atoms with Gasteiger partial charge in [-0.1, -0.05) is 19.1 Å². The number of hydrogen-bond donors (Lipinski definition) is 1. The van der Waals surface area contributed by atoms with Gasteiger partial charge in [-0.05, 0) is 31.0 Å². The van der Waals surface area contributed by atoms with E-state index in [9.17, 15) is 18.0 Å². The average molecular weight is 327 g/mol. The summed E-state index contributed by atoms with van der Waals surface area (Å²) in [6.07, 6.45) is 1.94. The first-order valence-electron chi connectivity index (χ1n) is 6.94. The maximum absolute atomic E-state index is 11.8. The Labute approximate surface area is 130 Å². The Morgan fingerprint density at radius 3 is 2.32 bits per heavy atom. The molecule has 0 spiro atoms. The van der Waals surface area contributed by atoms with Crippen LogP contribution in [0.1, 0.15) is 36.2 Å². The van der Waals surface area contributed by atoms with E-state index in [0.717, 1.165) is 12.7 Å². The quantitative estimate of drug-likeness (QED) is 0.763. The zero-order valence-electron chi connectivity index (χ0n) is 13.0. The molecule has 0 heterocycles. The van der Waals surface area contributed by atoms with Gasteiger partial charge < -0.3 is 10.1 Å². The fourth-order valence-electron chi connectivity index (χ4n) is 1.67. The van der Waals surface area contributed by atoms with Crippen LogP contribution in [-0.4, -0.2) is 39.2 Å². The molecule has 1 N–H and O–H groups in total. The van der Waals surface area contributed by atoms with Crippen molar-refractivity contribution in [3.63, 3.8) is 0 Å². The second-order valence-electron chi connectivity index (χ2n) is 5.22. The van der Waals surface area contributed by atoms with E-state index in [0.29, 0.717) is 5.56 Å². The summed E-state index contributed by atoms with van der Waals surface area (Å²) in [7, 11) is -3.11. The van der Waals surface area contributed by atoms with Gasteiger partial charge in [0.15, 0.2) is 16.4 Å². The molecule has 7 heteroatoms. The Balaban J connectivity index is 2.54. The van der Waals surface area contributed by atoms with E-state index in [-0.39, 0.29) is 29.9 Å². The second-order valence-corrected chi connectivity index (χ2v) is 7.36. The van der Waals surface area contributed by atoms with Gasteiger partial charge in [0, 0.05) is 12.3 Å². The van der Waals surface area contributed by atoms with Gasteiger partial charge in [0.1, 0.15) is 0 Å². The molecular formula is C15H21NO5S. The summed E-state index contributed by atoms with van der Waals surface area (Å²) >= 11 is 0. The molecule has 0 saturated heterocycles. The highest BCUT2D eigenvalue weighted by Crippen LogP contribution is 2.09. The molecular weight excluding hydrogens is 306 g/mol. The first kappa shape index (κ1) is 18.2. The first-order chi connectivity index (χ1) is 10.2. The molecule has 6 nitrogen and oxygen atoms in total. The van der Waals surface area contributed by atoms with Gasteiger partial charge in [0.2, 0.25) is 0 Å². The Kier molecular flexibility index (Phi) is 6.55. The van der Waals surface area contributed by atoms with Crippen LogP contribution in [0.15, 0.2) is 24.3 Å². The van der Waals surface area contributed by atoms with E-state index in [4.69, 9.17) is 4.74 Å². The lowest BCUT2D eigenvalue weighted by atomic mass is 10.1. The van der Waals surface area contributed by atoms with E-state index in [1.54, 1.807) is 12.1 Å². The highest BCUT2D eigenvalue weighted by Gasteiger charge is 2.12. The number of ether oxygens (including phenoxy) is 1. The summed E-state index contributed by atoms with van der Waals surface area (Å²) in [5.74, 6) is -1.05. The maximum Gasteiger partial charge on any atom is 0.338 e. The lowest BCUT2D eigenvalue weighted by Crippen LogP contribution is -2.35. The molecule has 0 aliphatic carbocycles. The number of sulfone groups is 1. The van der Waals surface area contributed by atoms with Crippen molar-refractivity contribution in [1.29, 1.82) is 0 Å². The zero-order valence-corrected chi connectivity index (χ0v) is 13.8. The minimum Gasteiger partial charge on any atom is -0.452 e. The van der Waals surface area contributed by atoms with Gasteiger partial charge >= 0.3 is 5.97 Å². The Morgan fingerprint density at radius 2 is 1.82 bits per heavy atom. The number of esters is 1. The molecule has 1 amide bonds. The predicted octanol–water partition coefficient (Wildman–Crippen LogP) is 1.30. The van der Waals surface area contributed by atoms with Crippen molar-refractivity contribution in [3.05, 3.63) is 35.4 Å². The number of benzene rings is 1. The number of nitrogens with one attached hydrogen (secondary N) is 1. The number of amides is 1. The summed E-state index contributed by atoms with van der Waals surface area (Å²) in [6, 6.07) is 6.10. The van der Waals surface area contributed by atoms with Crippen molar-refractivity contribution in [2.24, 2.45) is 0 Å². The van der Waals surface area contributed by atoms with Crippen molar-refractivity contribution >= 4 is 21.7 Å². The van der Waals surface area contributed by atoms with E-state index in [1.807, 2.05) is 13.8 Å². The van der Waals surface area contributed by atoms with Crippen LogP contribution in [0.3, 0.4) is 0 Å². The maximum atomic E-state index is 11.8. The van der Waals surface area contributed by atoms with Gasteiger partial charge in [-0.25, -0.2) is 13.2 Å². The van der Waals surface area contributed by atoms with Gasteiger partial charge in [-0.2, -0.15) is 0 Å². The molecule has 1 atom stereocenters. The zero-order chi connectivity index (χ0) is 16.8. The molecule has 22 heavy (non-hydrogen) atoms. The highest BCUT2D eigenvalue weighted by atomic mass is 32.2. The van der Waals surface area contributed by atoms with Crippen molar-refractivity contribution in [2.75, 3.05) is 12.9 Å². The molecule has 0 fully saturated rings. The lowest BCUT2D eigenvalue weighted by molar-refractivity contribution is -0.124. The van der Waals surface area contributed by atoms with Crippen LogP contribution in [0.2, 0.25) is 0 Å². The number of rotatable bonds is 7. The van der Waals surface area contributed by atoms with Crippen molar-refractivity contribution in [2.45, 2.75) is 32.1 Å². The van der Waals surface area contributed by atoms with Gasteiger partial charge in [-0.3, -0.25) is 4.79 Å². The Morgan fingerprint density at radius 1 is 1.23 bits per heavy atom. The third-order valence-electron chi connectivity index (χ3n) is 2.97. The fourth-order valence-corrected chi connectivity index (χ4v) is 2.47. The third-order valence-corrected chi connectivity index (χ3v) is 3.83. The molecule has 0 aliphatic heterocycles. The van der Waals surface area contributed by atoms with Crippen LogP contribution < -0.4 is 5.32 Å². The summed E-state index contributed by atoms with van der Waals surface area (Å²) in [4.78, 5) is 23.3. The minimum atomic E-state index is -3.11. The number of carbonyl (C=O) groups excluding carboxylic acids is 2. The number of carbonyl (C=O) groups is 2. The molecule has 1 rings (SSSR count). The van der Waals surface area contributed by atoms with Gasteiger partial charge in [-0.15, -0.1) is 0 Å². The smallest absolute Gasteiger partial charge is 0.338 e. The van der Waals surface area contributed by atoms with E-state index < -0.39 is 15.8 Å². The van der Waals surface area contributed by atoms with Crippen LogP contribution in [0.5, 0.6) is 0 Å². The van der Waals surface area contributed by atoms with Crippen LogP contribution in [-0.2, 0) is 25.1 Å². The van der Waals surface area contributed by atoms with Crippen LogP contribution in [0.25, 0.3) is 0 Å². The predicted molar refractivity (Wildman–Crippen MR) is 83.2 cm³/mol. The molecule has 0 unspecified atom stereocenters. The summed E-state index contributed by atoms with van der Waals surface area (Å²) in [5.41, 5.74) is 0.863. The molecule has 1 aromatic carbocycles. The molecule has 0 aromatic heterocycles. The average Bonchev–Trinajstić information content (AvgIpc) is 2.43. The number of hydrogen-bond acceptors (Lipinski definition) is 5. The van der Waals surface area contributed by atoms with Crippen LogP contribution in [0, 0.1) is 0 Å². The van der Waals surface area contributed by atoms with Crippen molar-refractivity contribution < 1.29 is 22.7 Å². The van der Waals surface area contributed by atoms with E-state index in [2.05, 4.69) is 5.32 Å². The molecule has 1 aromatic rings. The standard InChI is InChI=1S/C15H21NO5S/c1-4-11(2)16-14(17)9-21-15(18)13-7-5-12(6-8-13)10-22(3,19)20/h5-8,11H,4,9-10H2,1-3H3,(H,16,17)/t11-/m0/s1. The van der Waals surface area contributed by atoms with E-state index >= 15 is 0 Å². The van der Waals surface area contributed by atoms with Crippen LogP contribution in [0.4, 0.5) is 0 Å². The van der Waals surface area contributed by atoms with E-state index in [1.165, 1.54) is 12.1 Å². The first-order valence-corrected chi connectivity index (χ1v) is 9.00. The summed E-state index contributed by atoms with van der Waals surface area (Å²) < 4.78 is 27.3. The minimum absolute atomic E-state index is 0.0291. The highest BCUT2D eigenvalue weighted by molar-refractivity contribution is 7.89.